The van der Waals surface area contributed by atoms with Gasteiger partial charge >= 0.3 is 0 Å². The highest BCUT2D eigenvalue weighted by atomic mass is 32.2. The SMILES string of the molecule is Cc1[nH]cnc1CN1CCN(Cc2ccccc2)C2CS(=O)(=O)CC21. The lowest BCUT2D eigenvalue weighted by Gasteiger charge is -2.43. The van der Waals surface area contributed by atoms with Gasteiger partial charge in [-0.15, -0.1) is 0 Å². The minimum absolute atomic E-state index is 0.0542. The maximum absolute atomic E-state index is 12.3. The molecule has 0 bridgehead atoms. The number of aromatic nitrogens is 2. The molecule has 0 amide bonds. The summed E-state index contributed by atoms with van der Waals surface area (Å²) in [5.74, 6) is 0.521. The molecule has 2 aliphatic heterocycles. The van der Waals surface area contributed by atoms with Gasteiger partial charge in [0, 0.05) is 44.0 Å². The monoisotopic (exact) mass is 360 g/mol. The predicted molar refractivity (Wildman–Crippen MR) is 96.8 cm³/mol. The number of sulfone groups is 1. The van der Waals surface area contributed by atoms with Crippen LogP contribution in [0.25, 0.3) is 0 Å². The van der Waals surface area contributed by atoms with Crippen LogP contribution in [0.3, 0.4) is 0 Å². The molecule has 1 N–H and O–H groups in total. The Morgan fingerprint density at radius 2 is 1.72 bits per heavy atom. The summed E-state index contributed by atoms with van der Waals surface area (Å²) < 4.78 is 24.7. The first-order valence-electron chi connectivity index (χ1n) is 8.73. The smallest absolute Gasteiger partial charge is 0.153 e. The van der Waals surface area contributed by atoms with Gasteiger partial charge in [0.2, 0.25) is 0 Å². The van der Waals surface area contributed by atoms with Crippen molar-refractivity contribution in [1.29, 1.82) is 0 Å². The molecule has 25 heavy (non-hydrogen) atoms. The number of hydrogen-bond acceptors (Lipinski definition) is 5. The second kappa shape index (κ2) is 6.55. The Bertz CT molecular complexity index is 834. The van der Waals surface area contributed by atoms with E-state index in [1.54, 1.807) is 6.33 Å². The molecule has 0 radical (unpaired) electrons. The molecule has 2 aliphatic rings. The maximum Gasteiger partial charge on any atom is 0.153 e. The second-order valence-corrected chi connectivity index (χ2v) is 9.27. The van der Waals surface area contributed by atoms with Gasteiger partial charge in [0.25, 0.3) is 0 Å². The quantitative estimate of drug-likeness (QED) is 0.887. The van der Waals surface area contributed by atoms with E-state index in [0.717, 1.165) is 31.0 Å². The van der Waals surface area contributed by atoms with E-state index < -0.39 is 9.84 Å². The number of piperazine rings is 1. The van der Waals surface area contributed by atoms with Gasteiger partial charge in [-0.2, -0.15) is 0 Å². The number of benzene rings is 1. The number of aromatic amines is 1. The second-order valence-electron chi connectivity index (χ2n) is 7.11. The highest BCUT2D eigenvalue weighted by Crippen LogP contribution is 2.29. The molecule has 6 nitrogen and oxygen atoms in total. The van der Waals surface area contributed by atoms with E-state index in [1.807, 2.05) is 25.1 Å². The number of hydrogen-bond donors (Lipinski definition) is 1. The van der Waals surface area contributed by atoms with Crippen LogP contribution < -0.4 is 0 Å². The zero-order chi connectivity index (χ0) is 17.4. The van der Waals surface area contributed by atoms with Gasteiger partial charge in [-0.25, -0.2) is 13.4 Å². The molecule has 0 saturated carbocycles. The topological polar surface area (TPSA) is 69.3 Å². The van der Waals surface area contributed by atoms with Crippen LogP contribution in [0.15, 0.2) is 36.7 Å². The molecule has 1 aromatic heterocycles. The van der Waals surface area contributed by atoms with Gasteiger partial charge < -0.3 is 4.98 Å². The molecule has 134 valence electrons. The van der Waals surface area contributed by atoms with Crippen molar-refractivity contribution < 1.29 is 8.42 Å². The Morgan fingerprint density at radius 1 is 1.08 bits per heavy atom. The van der Waals surface area contributed by atoms with E-state index in [2.05, 4.69) is 31.9 Å². The molecule has 2 unspecified atom stereocenters. The minimum atomic E-state index is -2.99. The predicted octanol–water partition coefficient (Wildman–Crippen LogP) is 1.20. The molecule has 7 heteroatoms. The van der Waals surface area contributed by atoms with E-state index in [9.17, 15) is 8.42 Å². The molecule has 2 saturated heterocycles. The molecule has 1 aromatic carbocycles. The first-order valence-corrected chi connectivity index (χ1v) is 10.6. The zero-order valence-electron chi connectivity index (χ0n) is 14.4. The summed E-state index contributed by atoms with van der Waals surface area (Å²) in [6.45, 7) is 5.29. The van der Waals surface area contributed by atoms with Crippen molar-refractivity contribution in [2.45, 2.75) is 32.1 Å². The van der Waals surface area contributed by atoms with E-state index in [1.165, 1.54) is 5.56 Å². The van der Waals surface area contributed by atoms with Crippen LogP contribution in [0.2, 0.25) is 0 Å². The molecular weight excluding hydrogens is 336 g/mol. The molecule has 2 aromatic rings. The Morgan fingerprint density at radius 3 is 2.32 bits per heavy atom. The van der Waals surface area contributed by atoms with Crippen LogP contribution in [0, 0.1) is 6.92 Å². The Kier molecular flexibility index (Phi) is 4.39. The highest BCUT2D eigenvalue weighted by molar-refractivity contribution is 7.91. The van der Waals surface area contributed by atoms with Crippen molar-refractivity contribution in [3.63, 3.8) is 0 Å². The van der Waals surface area contributed by atoms with Crippen LogP contribution >= 0.6 is 0 Å². The largest absolute Gasteiger partial charge is 0.348 e. The van der Waals surface area contributed by atoms with Crippen LogP contribution in [-0.4, -0.2) is 64.9 Å². The summed E-state index contributed by atoms with van der Waals surface area (Å²) in [6, 6.07) is 10.4. The molecule has 4 rings (SSSR count). The lowest BCUT2D eigenvalue weighted by Crippen LogP contribution is -2.58. The normalized spacial score (nSPS) is 26.6. The molecule has 0 spiro atoms. The van der Waals surface area contributed by atoms with Crippen molar-refractivity contribution in [1.82, 2.24) is 19.8 Å². The minimum Gasteiger partial charge on any atom is -0.348 e. The van der Waals surface area contributed by atoms with E-state index in [4.69, 9.17) is 0 Å². The maximum atomic E-state index is 12.3. The van der Waals surface area contributed by atoms with Gasteiger partial charge in [-0.3, -0.25) is 9.80 Å². The summed E-state index contributed by atoms with van der Waals surface area (Å²) in [7, 11) is -2.99. The summed E-state index contributed by atoms with van der Waals surface area (Å²) in [5.41, 5.74) is 3.31. The van der Waals surface area contributed by atoms with Gasteiger partial charge in [0.05, 0.1) is 23.5 Å². The van der Waals surface area contributed by atoms with Gasteiger partial charge in [-0.1, -0.05) is 30.3 Å². The average Bonchev–Trinajstić information content (AvgIpc) is 3.13. The van der Waals surface area contributed by atoms with Crippen molar-refractivity contribution in [3.8, 4) is 0 Å². The lowest BCUT2D eigenvalue weighted by atomic mass is 10.0. The number of aryl methyl sites for hydroxylation is 1. The standard InChI is InChI=1S/C18H24N4O2S/c1-14-16(20-13-19-14)10-22-8-7-21(9-15-5-3-2-4-6-15)17-11-25(23,24)12-18(17)22/h2-6,13,17-18H,7-12H2,1H3,(H,19,20). The third-order valence-corrected chi connectivity index (χ3v) is 7.12. The van der Waals surface area contributed by atoms with Crippen LogP contribution in [-0.2, 0) is 22.9 Å². The molecule has 2 atom stereocenters. The first kappa shape index (κ1) is 16.8. The fourth-order valence-electron chi connectivity index (χ4n) is 4.05. The van der Waals surface area contributed by atoms with Crippen molar-refractivity contribution in [2.24, 2.45) is 0 Å². The number of rotatable bonds is 4. The van der Waals surface area contributed by atoms with Crippen molar-refractivity contribution in [2.75, 3.05) is 24.6 Å². The van der Waals surface area contributed by atoms with Crippen molar-refractivity contribution >= 4 is 9.84 Å². The average molecular weight is 360 g/mol. The number of nitrogens with zero attached hydrogens (tertiary/aromatic N) is 3. The third kappa shape index (κ3) is 3.49. The fraction of sp³-hybridized carbons (Fsp3) is 0.500. The van der Waals surface area contributed by atoms with Crippen LogP contribution in [0.5, 0.6) is 0 Å². The van der Waals surface area contributed by atoms with E-state index in [-0.39, 0.29) is 23.6 Å². The summed E-state index contributed by atoms with van der Waals surface area (Å²) in [5, 5.41) is 0. The molecular formula is C18H24N4O2S. The zero-order valence-corrected chi connectivity index (χ0v) is 15.2. The van der Waals surface area contributed by atoms with Gasteiger partial charge in [-0.05, 0) is 12.5 Å². The third-order valence-electron chi connectivity index (χ3n) is 5.42. The van der Waals surface area contributed by atoms with E-state index >= 15 is 0 Å². The lowest BCUT2D eigenvalue weighted by molar-refractivity contribution is 0.0347. The molecule has 2 fully saturated rings. The Labute approximate surface area is 148 Å². The number of H-pyrrole nitrogens is 1. The summed E-state index contributed by atoms with van der Waals surface area (Å²) in [4.78, 5) is 12.1. The molecule has 3 heterocycles. The molecule has 0 aliphatic carbocycles. The van der Waals surface area contributed by atoms with Gasteiger partial charge in [0.1, 0.15) is 0 Å². The number of fused-ring (bicyclic) bond motifs is 1. The first-order chi connectivity index (χ1) is 12.0. The van der Waals surface area contributed by atoms with Crippen LogP contribution in [0.4, 0.5) is 0 Å². The van der Waals surface area contributed by atoms with Gasteiger partial charge in [0.15, 0.2) is 9.84 Å². The Hall–Kier alpha value is -1.70. The van der Waals surface area contributed by atoms with Crippen molar-refractivity contribution in [3.05, 3.63) is 53.6 Å². The fourth-order valence-corrected chi connectivity index (χ4v) is 6.09. The van der Waals surface area contributed by atoms with E-state index in [0.29, 0.717) is 6.54 Å². The highest BCUT2D eigenvalue weighted by Gasteiger charge is 2.46. The summed E-state index contributed by atoms with van der Waals surface area (Å²) >= 11 is 0. The van der Waals surface area contributed by atoms with Crippen LogP contribution in [0.1, 0.15) is 17.0 Å². The number of imidazole rings is 1. The number of nitrogens with one attached hydrogen (secondary N) is 1. The summed E-state index contributed by atoms with van der Waals surface area (Å²) in [6.07, 6.45) is 1.71. The Balaban J connectivity index is 1.54.